The number of aryl methyl sites for hydroxylation is 1. The second-order valence-electron chi connectivity index (χ2n) is 4.86. The Bertz CT molecular complexity index is 782. The summed E-state index contributed by atoms with van der Waals surface area (Å²) >= 11 is 0. The van der Waals surface area contributed by atoms with Crippen LogP contribution in [0.15, 0.2) is 60.7 Å². The fraction of sp³-hybridized carbons (Fsp3) is 0.111. The molecule has 21 heavy (non-hydrogen) atoms. The van der Waals surface area contributed by atoms with Gasteiger partial charge in [-0.15, -0.1) is 0 Å². The molecule has 3 rings (SSSR count). The van der Waals surface area contributed by atoms with Crippen molar-refractivity contribution in [3.05, 3.63) is 71.9 Å². The van der Waals surface area contributed by atoms with Crippen LogP contribution in [0.2, 0.25) is 0 Å². The maximum atomic E-state index is 12.1. The van der Waals surface area contributed by atoms with Crippen LogP contribution >= 0.6 is 0 Å². The number of hydrogen-bond acceptors (Lipinski definition) is 3. The van der Waals surface area contributed by atoms with Crippen molar-refractivity contribution in [1.82, 2.24) is 4.98 Å². The van der Waals surface area contributed by atoms with E-state index in [4.69, 9.17) is 4.74 Å². The number of carbonyl (C=O) groups excluding carboxylic acids is 1. The molecule has 0 aliphatic rings. The van der Waals surface area contributed by atoms with E-state index in [9.17, 15) is 4.79 Å². The zero-order valence-electron chi connectivity index (χ0n) is 11.7. The molecule has 1 aromatic heterocycles. The SMILES string of the molecule is Cc1ccc2cccc(OCC(=O)c3ccccc3)c2n1. The van der Waals surface area contributed by atoms with Crippen molar-refractivity contribution in [3.8, 4) is 5.75 Å². The van der Waals surface area contributed by atoms with E-state index >= 15 is 0 Å². The summed E-state index contributed by atoms with van der Waals surface area (Å²) < 4.78 is 5.68. The minimum absolute atomic E-state index is 0.0126. The van der Waals surface area contributed by atoms with E-state index in [1.54, 1.807) is 12.1 Å². The lowest BCUT2D eigenvalue weighted by molar-refractivity contribution is 0.0922. The zero-order chi connectivity index (χ0) is 14.7. The quantitative estimate of drug-likeness (QED) is 0.681. The smallest absolute Gasteiger partial charge is 0.200 e. The largest absolute Gasteiger partial charge is 0.483 e. The number of ketones is 1. The van der Waals surface area contributed by atoms with E-state index in [2.05, 4.69) is 4.98 Å². The average molecular weight is 277 g/mol. The van der Waals surface area contributed by atoms with Crippen LogP contribution in [-0.2, 0) is 0 Å². The normalized spacial score (nSPS) is 10.5. The van der Waals surface area contributed by atoms with Crippen LogP contribution in [0.1, 0.15) is 16.1 Å². The van der Waals surface area contributed by atoms with Gasteiger partial charge in [-0.25, -0.2) is 4.98 Å². The van der Waals surface area contributed by atoms with Crippen LogP contribution in [0.4, 0.5) is 0 Å². The number of rotatable bonds is 4. The van der Waals surface area contributed by atoms with Crippen LogP contribution in [-0.4, -0.2) is 17.4 Å². The molecule has 0 aliphatic carbocycles. The number of fused-ring (bicyclic) bond motifs is 1. The fourth-order valence-corrected chi connectivity index (χ4v) is 2.18. The Morgan fingerprint density at radius 3 is 2.62 bits per heavy atom. The highest BCUT2D eigenvalue weighted by molar-refractivity contribution is 5.97. The first-order chi connectivity index (χ1) is 10.2. The van der Waals surface area contributed by atoms with Crippen molar-refractivity contribution >= 4 is 16.7 Å². The van der Waals surface area contributed by atoms with Gasteiger partial charge in [-0.1, -0.05) is 48.5 Å². The summed E-state index contributed by atoms with van der Waals surface area (Å²) in [5.74, 6) is 0.598. The van der Waals surface area contributed by atoms with Crippen molar-refractivity contribution < 1.29 is 9.53 Å². The minimum Gasteiger partial charge on any atom is -0.483 e. The van der Waals surface area contributed by atoms with Crippen LogP contribution in [0.5, 0.6) is 5.75 Å². The van der Waals surface area contributed by atoms with Gasteiger partial charge in [0.05, 0.1) is 0 Å². The van der Waals surface area contributed by atoms with Crippen molar-refractivity contribution in [2.75, 3.05) is 6.61 Å². The number of aromatic nitrogens is 1. The number of Topliss-reactive ketones (excluding diaryl/α,β-unsaturated/α-hetero) is 1. The standard InChI is InChI=1S/C18H15NO2/c1-13-10-11-15-8-5-9-17(18(15)19-13)21-12-16(20)14-6-3-2-4-7-14/h2-11H,12H2,1H3. The Hall–Kier alpha value is -2.68. The molecule has 0 saturated carbocycles. The van der Waals surface area contributed by atoms with Crippen molar-refractivity contribution in [2.24, 2.45) is 0 Å². The number of nitrogens with zero attached hydrogens (tertiary/aromatic N) is 1. The monoisotopic (exact) mass is 277 g/mol. The van der Waals surface area contributed by atoms with E-state index in [1.165, 1.54) is 0 Å². The molecule has 0 bridgehead atoms. The average Bonchev–Trinajstić information content (AvgIpc) is 2.53. The molecule has 1 heterocycles. The molecule has 0 atom stereocenters. The first-order valence-corrected chi connectivity index (χ1v) is 6.81. The topological polar surface area (TPSA) is 39.2 Å². The third kappa shape index (κ3) is 2.92. The summed E-state index contributed by atoms with van der Waals surface area (Å²) in [6.45, 7) is 1.95. The van der Waals surface area contributed by atoms with E-state index in [0.717, 1.165) is 16.6 Å². The summed E-state index contributed by atoms with van der Waals surface area (Å²) in [5, 5.41) is 1.00. The van der Waals surface area contributed by atoms with Crippen LogP contribution in [0.3, 0.4) is 0 Å². The molecule has 0 radical (unpaired) electrons. The lowest BCUT2D eigenvalue weighted by Gasteiger charge is -2.08. The number of ether oxygens (including phenoxy) is 1. The molecule has 104 valence electrons. The van der Waals surface area contributed by atoms with Gasteiger partial charge in [0, 0.05) is 16.6 Å². The summed E-state index contributed by atoms with van der Waals surface area (Å²) in [5.41, 5.74) is 2.37. The summed E-state index contributed by atoms with van der Waals surface area (Å²) in [7, 11) is 0. The van der Waals surface area contributed by atoms with E-state index in [-0.39, 0.29) is 12.4 Å². The van der Waals surface area contributed by atoms with Gasteiger partial charge in [0.15, 0.2) is 12.4 Å². The first-order valence-electron chi connectivity index (χ1n) is 6.81. The number of hydrogen-bond donors (Lipinski definition) is 0. The van der Waals surface area contributed by atoms with Gasteiger partial charge in [0.1, 0.15) is 11.3 Å². The molecule has 3 aromatic rings. The number of pyridine rings is 1. The predicted octanol–water partition coefficient (Wildman–Crippen LogP) is 3.80. The highest BCUT2D eigenvalue weighted by atomic mass is 16.5. The third-order valence-corrected chi connectivity index (χ3v) is 3.28. The van der Waals surface area contributed by atoms with E-state index < -0.39 is 0 Å². The molecule has 0 aliphatic heterocycles. The maximum absolute atomic E-state index is 12.1. The second-order valence-corrected chi connectivity index (χ2v) is 4.86. The molecule has 0 N–H and O–H groups in total. The summed E-state index contributed by atoms with van der Waals surface area (Å²) in [6.07, 6.45) is 0. The number of carbonyl (C=O) groups is 1. The van der Waals surface area contributed by atoms with Gasteiger partial charge in [0.2, 0.25) is 0 Å². The Kier molecular flexibility index (Phi) is 3.65. The van der Waals surface area contributed by atoms with Crippen molar-refractivity contribution in [3.63, 3.8) is 0 Å². The van der Waals surface area contributed by atoms with Crippen LogP contribution in [0, 0.1) is 6.92 Å². The highest BCUT2D eigenvalue weighted by Gasteiger charge is 2.08. The predicted molar refractivity (Wildman–Crippen MR) is 82.7 cm³/mol. The van der Waals surface area contributed by atoms with Gasteiger partial charge >= 0.3 is 0 Å². The molecule has 0 fully saturated rings. The number of para-hydroxylation sites is 1. The van der Waals surface area contributed by atoms with Crippen LogP contribution in [0.25, 0.3) is 10.9 Å². The molecule has 2 aromatic carbocycles. The molecular formula is C18H15NO2. The van der Waals surface area contributed by atoms with Crippen molar-refractivity contribution in [2.45, 2.75) is 6.92 Å². The highest BCUT2D eigenvalue weighted by Crippen LogP contribution is 2.24. The first kappa shape index (κ1) is 13.3. The molecular weight excluding hydrogens is 262 g/mol. The van der Waals surface area contributed by atoms with Gasteiger partial charge < -0.3 is 4.74 Å². The Balaban J connectivity index is 1.82. The second kappa shape index (κ2) is 5.75. The van der Waals surface area contributed by atoms with Crippen molar-refractivity contribution in [1.29, 1.82) is 0 Å². The Morgan fingerprint density at radius 2 is 1.81 bits per heavy atom. The molecule has 0 saturated heterocycles. The molecule has 0 unspecified atom stereocenters. The summed E-state index contributed by atoms with van der Waals surface area (Å²) in [6, 6.07) is 18.8. The molecule has 0 spiro atoms. The summed E-state index contributed by atoms with van der Waals surface area (Å²) in [4.78, 5) is 16.6. The molecule has 0 amide bonds. The Labute approximate surface area is 123 Å². The third-order valence-electron chi connectivity index (χ3n) is 3.28. The van der Waals surface area contributed by atoms with Crippen LogP contribution < -0.4 is 4.74 Å². The van der Waals surface area contributed by atoms with Gasteiger partial charge in [0.25, 0.3) is 0 Å². The fourth-order valence-electron chi connectivity index (χ4n) is 2.18. The van der Waals surface area contributed by atoms with Gasteiger partial charge in [-0.3, -0.25) is 4.79 Å². The molecule has 3 heteroatoms. The van der Waals surface area contributed by atoms with Gasteiger partial charge in [-0.2, -0.15) is 0 Å². The number of benzene rings is 2. The molecule has 3 nitrogen and oxygen atoms in total. The van der Waals surface area contributed by atoms with Gasteiger partial charge in [-0.05, 0) is 19.1 Å². The van der Waals surface area contributed by atoms with E-state index in [0.29, 0.717) is 11.3 Å². The maximum Gasteiger partial charge on any atom is 0.200 e. The van der Waals surface area contributed by atoms with E-state index in [1.807, 2.05) is 55.5 Å². The minimum atomic E-state index is -0.0414. The lowest BCUT2D eigenvalue weighted by Crippen LogP contribution is -2.11. The lowest BCUT2D eigenvalue weighted by atomic mass is 10.1. The Morgan fingerprint density at radius 1 is 1.00 bits per heavy atom. The zero-order valence-corrected chi connectivity index (χ0v) is 11.7.